The first-order chi connectivity index (χ1) is 17.7. The zero-order valence-electron chi connectivity index (χ0n) is 19.0. The van der Waals surface area contributed by atoms with Crippen LogP contribution >= 0.6 is 23.1 Å². The van der Waals surface area contributed by atoms with Crippen LogP contribution in [0.5, 0.6) is 0 Å². The normalized spacial score (nSPS) is 14.2. The van der Waals surface area contributed by atoms with E-state index in [1.54, 1.807) is 6.07 Å². The molecule has 1 saturated heterocycles. The van der Waals surface area contributed by atoms with Crippen molar-refractivity contribution in [2.45, 2.75) is 9.24 Å². The summed E-state index contributed by atoms with van der Waals surface area (Å²) in [6.07, 6.45) is 0. The number of carbonyl (C=O) groups excluding carboxylic acids is 2. The standard InChI is InChI=1S/C21H20N6O7S3/c28-18(22-15-2-1-3-16(12-15)27(30)31)13-35-21-25-24-20(36-21)23-19(29)14-4-6-17(7-5-14)37(32,33)26-8-10-34-11-9-26/h1-7,12H,8-11,13H2,(H,22,28)(H,23,24,29). The average Bonchev–Trinajstić information content (AvgIpc) is 3.35. The number of nitro benzene ring substituents is 1. The van der Waals surface area contributed by atoms with E-state index in [-0.39, 0.29) is 40.1 Å². The Balaban J connectivity index is 1.29. The van der Waals surface area contributed by atoms with Gasteiger partial charge in [-0.2, -0.15) is 4.31 Å². The molecule has 1 aliphatic heterocycles. The minimum atomic E-state index is -3.66. The molecule has 0 bridgehead atoms. The molecule has 2 heterocycles. The first-order valence-corrected chi connectivity index (χ1v) is 14.0. The number of hydrogen-bond donors (Lipinski definition) is 2. The minimum absolute atomic E-state index is 0.0235. The van der Waals surface area contributed by atoms with Crippen molar-refractivity contribution in [2.24, 2.45) is 0 Å². The first-order valence-electron chi connectivity index (χ1n) is 10.7. The van der Waals surface area contributed by atoms with Gasteiger partial charge in [-0.05, 0) is 30.3 Å². The van der Waals surface area contributed by atoms with Crippen LogP contribution in [0, 0.1) is 10.1 Å². The molecule has 16 heteroatoms. The molecule has 194 valence electrons. The van der Waals surface area contributed by atoms with Crippen LogP contribution in [0.25, 0.3) is 0 Å². The number of morpholine rings is 1. The smallest absolute Gasteiger partial charge is 0.271 e. The molecule has 1 aromatic heterocycles. The lowest BCUT2D eigenvalue weighted by atomic mass is 10.2. The van der Waals surface area contributed by atoms with E-state index in [4.69, 9.17) is 4.74 Å². The Morgan fingerprint density at radius 2 is 1.84 bits per heavy atom. The van der Waals surface area contributed by atoms with Crippen molar-refractivity contribution in [1.29, 1.82) is 0 Å². The number of non-ortho nitro benzene ring substituents is 1. The molecular formula is C21H20N6O7S3. The van der Waals surface area contributed by atoms with Crippen LogP contribution < -0.4 is 10.6 Å². The predicted molar refractivity (Wildman–Crippen MR) is 136 cm³/mol. The van der Waals surface area contributed by atoms with Gasteiger partial charge in [0.05, 0.1) is 28.8 Å². The Labute approximate surface area is 219 Å². The second kappa shape index (κ2) is 11.7. The third kappa shape index (κ3) is 6.86. The summed E-state index contributed by atoms with van der Waals surface area (Å²) in [7, 11) is -3.66. The highest BCUT2D eigenvalue weighted by Gasteiger charge is 2.26. The predicted octanol–water partition coefficient (Wildman–Crippen LogP) is 2.45. The van der Waals surface area contributed by atoms with Crippen LogP contribution in [0.2, 0.25) is 0 Å². The van der Waals surface area contributed by atoms with Crippen LogP contribution in [-0.4, -0.2) is 71.7 Å². The van der Waals surface area contributed by atoms with E-state index in [0.717, 1.165) is 23.1 Å². The Bertz CT molecular complexity index is 1410. The summed E-state index contributed by atoms with van der Waals surface area (Å²) in [6.45, 7) is 1.23. The van der Waals surface area contributed by atoms with Gasteiger partial charge in [0, 0.05) is 36.5 Å². The van der Waals surface area contributed by atoms with Gasteiger partial charge in [-0.3, -0.25) is 25.0 Å². The molecule has 0 atom stereocenters. The highest BCUT2D eigenvalue weighted by molar-refractivity contribution is 8.01. The fourth-order valence-corrected chi connectivity index (χ4v) is 6.18. The molecule has 0 spiro atoms. The number of amides is 2. The van der Waals surface area contributed by atoms with Gasteiger partial charge >= 0.3 is 0 Å². The van der Waals surface area contributed by atoms with Gasteiger partial charge in [0.1, 0.15) is 0 Å². The molecule has 0 saturated carbocycles. The summed E-state index contributed by atoms with van der Waals surface area (Å²) in [5, 5.41) is 24.0. The maximum absolute atomic E-state index is 12.7. The summed E-state index contributed by atoms with van der Waals surface area (Å²) in [6, 6.07) is 11.2. The van der Waals surface area contributed by atoms with Crippen molar-refractivity contribution in [1.82, 2.24) is 14.5 Å². The van der Waals surface area contributed by atoms with Crippen molar-refractivity contribution in [2.75, 3.05) is 42.7 Å². The largest absolute Gasteiger partial charge is 0.379 e. The Kier molecular flexibility index (Phi) is 8.45. The third-order valence-electron chi connectivity index (χ3n) is 5.02. The molecule has 0 unspecified atom stereocenters. The minimum Gasteiger partial charge on any atom is -0.379 e. The summed E-state index contributed by atoms with van der Waals surface area (Å²) in [5.74, 6) is -0.908. The van der Waals surface area contributed by atoms with Gasteiger partial charge in [-0.15, -0.1) is 10.2 Å². The van der Waals surface area contributed by atoms with Gasteiger partial charge in [0.25, 0.3) is 11.6 Å². The number of nitrogens with zero attached hydrogens (tertiary/aromatic N) is 4. The molecule has 2 aromatic carbocycles. The topological polar surface area (TPSA) is 174 Å². The van der Waals surface area contributed by atoms with Gasteiger partial charge < -0.3 is 10.1 Å². The second-order valence-corrected chi connectivity index (χ2v) is 11.7. The van der Waals surface area contributed by atoms with Gasteiger partial charge in [-0.25, -0.2) is 8.42 Å². The van der Waals surface area contributed by atoms with Crippen LogP contribution in [0.4, 0.5) is 16.5 Å². The number of anilines is 2. The van der Waals surface area contributed by atoms with Crippen LogP contribution in [-0.2, 0) is 19.6 Å². The molecular weight excluding hydrogens is 544 g/mol. The number of aromatic nitrogens is 2. The summed E-state index contributed by atoms with van der Waals surface area (Å²) in [5.41, 5.74) is 0.402. The third-order valence-corrected chi connectivity index (χ3v) is 8.90. The van der Waals surface area contributed by atoms with Crippen LogP contribution in [0.3, 0.4) is 0 Å². The first kappa shape index (κ1) is 26.6. The highest BCUT2D eigenvalue weighted by Crippen LogP contribution is 2.26. The summed E-state index contributed by atoms with van der Waals surface area (Å²) < 4.78 is 32.4. The van der Waals surface area contributed by atoms with Gasteiger partial charge in [0.15, 0.2) is 4.34 Å². The van der Waals surface area contributed by atoms with Crippen molar-refractivity contribution in [3.8, 4) is 0 Å². The van der Waals surface area contributed by atoms with E-state index in [2.05, 4.69) is 20.8 Å². The fraction of sp³-hybridized carbons (Fsp3) is 0.238. The molecule has 4 rings (SSSR count). The lowest BCUT2D eigenvalue weighted by Gasteiger charge is -2.26. The number of rotatable bonds is 9. The summed E-state index contributed by atoms with van der Waals surface area (Å²) in [4.78, 5) is 35.1. The maximum Gasteiger partial charge on any atom is 0.271 e. The molecule has 3 aromatic rings. The number of nitrogens with one attached hydrogen (secondary N) is 2. The Morgan fingerprint density at radius 1 is 1.11 bits per heavy atom. The zero-order chi connectivity index (χ0) is 26.4. The van der Waals surface area contributed by atoms with Gasteiger partial charge in [0.2, 0.25) is 21.1 Å². The zero-order valence-corrected chi connectivity index (χ0v) is 21.5. The van der Waals surface area contributed by atoms with Crippen molar-refractivity contribution >= 4 is 61.4 Å². The number of ether oxygens (including phenoxy) is 1. The van der Waals surface area contributed by atoms with Crippen molar-refractivity contribution in [3.63, 3.8) is 0 Å². The number of sulfonamides is 1. The molecule has 0 radical (unpaired) electrons. The Hall–Kier alpha value is -3.44. The van der Waals surface area contributed by atoms with Crippen LogP contribution in [0.15, 0.2) is 57.8 Å². The van der Waals surface area contributed by atoms with Crippen molar-refractivity contribution < 1.29 is 27.7 Å². The van der Waals surface area contributed by atoms with Crippen molar-refractivity contribution in [3.05, 3.63) is 64.2 Å². The fourth-order valence-electron chi connectivity index (χ4n) is 3.22. The second-order valence-electron chi connectivity index (χ2n) is 7.51. The highest BCUT2D eigenvalue weighted by atomic mass is 32.2. The lowest BCUT2D eigenvalue weighted by Crippen LogP contribution is -2.40. The average molecular weight is 565 g/mol. The SMILES string of the molecule is O=C(CSc1nnc(NC(=O)c2ccc(S(=O)(=O)N3CCOCC3)cc2)s1)Nc1cccc([N+](=O)[O-])c1. The number of hydrogen-bond acceptors (Lipinski definition) is 11. The summed E-state index contributed by atoms with van der Waals surface area (Å²) >= 11 is 2.15. The molecule has 13 nitrogen and oxygen atoms in total. The molecule has 2 amide bonds. The van der Waals surface area contributed by atoms with E-state index >= 15 is 0 Å². The maximum atomic E-state index is 12.7. The van der Waals surface area contributed by atoms with Crippen LogP contribution in [0.1, 0.15) is 10.4 Å². The molecule has 1 aliphatic rings. The monoisotopic (exact) mass is 564 g/mol. The number of carbonyl (C=O) groups is 2. The molecule has 0 aliphatic carbocycles. The van der Waals surface area contributed by atoms with E-state index < -0.39 is 26.8 Å². The quantitative estimate of drug-likeness (QED) is 0.170. The molecule has 2 N–H and O–H groups in total. The number of thioether (sulfide) groups is 1. The van der Waals surface area contributed by atoms with E-state index in [9.17, 15) is 28.1 Å². The van der Waals surface area contributed by atoms with E-state index in [1.807, 2.05) is 0 Å². The van der Waals surface area contributed by atoms with Gasteiger partial charge in [-0.1, -0.05) is 29.2 Å². The van der Waals surface area contributed by atoms with E-state index in [1.165, 1.54) is 46.8 Å². The number of benzene rings is 2. The van der Waals surface area contributed by atoms with E-state index in [0.29, 0.717) is 23.2 Å². The number of nitro groups is 1. The Morgan fingerprint density at radius 3 is 2.54 bits per heavy atom. The molecule has 37 heavy (non-hydrogen) atoms. The lowest BCUT2D eigenvalue weighted by molar-refractivity contribution is -0.384. The molecule has 1 fully saturated rings.